The Morgan fingerprint density at radius 2 is 0.964 bits per heavy atom. The molecule has 1 amide bonds. The van der Waals surface area contributed by atoms with Crippen molar-refractivity contribution in [1.82, 2.24) is 5.32 Å². The third-order valence-electron chi connectivity index (χ3n) is 0.677. The zero-order chi connectivity index (χ0) is 22.5. The van der Waals surface area contributed by atoms with Crippen LogP contribution >= 0.6 is 70.4 Å². The van der Waals surface area contributed by atoms with Gasteiger partial charge < -0.3 is 43.2 Å². The van der Waals surface area contributed by atoms with E-state index < -0.39 is 0 Å². The molecule has 1 N–H and O–H groups in total. The first-order valence-electron chi connectivity index (χ1n) is 6.42. The second-order valence-electron chi connectivity index (χ2n) is 2.29. The normalized spacial score (nSPS) is 5.29. The molecule has 0 spiro atoms. The molecule has 3 radical (unpaired) electrons. The molecule has 0 saturated heterocycles. The van der Waals surface area contributed by atoms with Crippen molar-refractivity contribution in [2.75, 3.05) is 74.9 Å². The standard InChI is InChI=1S/C5H11NOS2.2C2H6S.5CH4S.3Y/c1-5(7)6-3-4-9-8-2;2*1-3-2;5*1-2;;;/h3-4H2,1-2H3,(H,6,7);2*1-2H3;5*2H,1H3;;;/p-3. The Hall–Kier alpha value is 5.93. The van der Waals surface area contributed by atoms with Crippen molar-refractivity contribution in [1.29, 1.82) is 0 Å². The van der Waals surface area contributed by atoms with E-state index in [9.17, 15) is 4.79 Å². The van der Waals surface area contributed by atoms with E-state index in [1.54, 1.807) is 76.4 Å². The number of carbonyl (C=O) groups is 1. The predicted octanol–water partition coefficient (Wildman–Crippen LogP) is 4.67. The molecular weight excluding hydrogens is 753 g/mol. The molecular formula is C14H40NOS9Y3-3. The Morgan fingerprint density at radius 1 is 0.750 bits per heavy atom. The molecule has 0 aliphatic heterocycles. The third kappa shape index (κ3) is 215. The van der Waals surface area contributed by atoms with E-state index in [2.05, 4.69) is 68.5 Å². The van der Waals surface area contributed by atoms with Crippen molar-refractivity contribution in [3.8, 4) is 0 Å². The number of hydrogen-bond donors (Lipinski definition) is 3. The number of thioether (sulfide) groups is 2. The monoisotopic (exact) mass is 793 g/mol. The fourth-order valence-electron chi connectivity index (χ4n) is 0.352. The average Bonchev–Trinajstić information content (AvgIpc) is 2.68. The fraction of sp³-hybridized carbons (Fsp3) is 0.929. The van der Waals surface area contributed by atoms with Gasteiger partial charge in [-0.3, -0.25) is 4.79 Å². The van der Waals surface area contributed by atoms with Gasteiger partial charge in [-0.2, -0.15) is 67.5 Å². The van der Waals surface area contributed by atoms with Crippen LogP contribution in [0.15, 0.2) is 0 Å². The summed E-state index contributed by atoms with van der Waals surface area (Å²) in [5.41, 5.74) is 0. The minimum atomic E-state index is 0. The molecule has 0 unspecified atom stereocenters. The molecule has 0 aromatic heterocycles. The summed E-state index contributed by atoms with van der Waals surface area (Å²) in [5, 5.41) is 2.71. The molecule has 0 atom stereocenters. The molecule has 0 bridgehead atoms. The van der Waals surface area contributed by atoms with Gasteiger partial charge >= 0.3 is 0 Å². The molecule has 173 valence electrons. The van der Waals surface area contributed by atoms with Crippen LogP contribution in [0.1, 0.15) is 6.92 Å². The van der Waals surface area contributed by atoms with Gasteiger partial charge in [-0.15, -0.1) is 0 Å². The Morgan fingerprint density at radius 3 is 1.11 bits per heavy atom. The summed E-state index contributed by atoms with van der Waals surface area (Å²) < 4.78 is 0. The SMILES string of the molecule is CS.CS.CSC.CSC.CSSCCNC(C)=O.C[S-].C[S-].C[S-].[Y].[Y].[Y]. The Balaban J connectivity index is -0.0000000146. The van der Waals surface area contributed by atoms with Crippen molar-refractivity contribution in [2.45, 2.75) is 6.92 Å². The molecule has 0 heterocycles. The average molecular weight is 794 g/mol. The summed E-state index contributed by atoms with van der Waals surface area (Å²) in [6.07, 6.45) is 18.3. The number of rotatable bonds is 4. The van der Waals surface area contributed by atoms with Gasteiger partial charge in [0.05, 0.1) is 0 Å². The van der Waals surface area contributed by atoms with Gasteiger partial charge in [0.25, 0.3) is 0 Å². The fourth-order valence-corrected chi connectivity index (χ4v) is 1.45. The van der Waals surface area contributed by atoms with Crippen LogP contribution < -0.4 is 5.32 Å². The van der Waals surface area contributed by atoms with Crippen molar-refractivity contribution in [2.24, 2.45) is 0 Å². The second-order valence-corrected chi connectivity index (χ2v) is 6.61. The molecule has 0 fully saturated rings. The van der Waals surface area contributed by atoms with Crippen molar-refractivity contribution in [3.63, 3.8) is 0 Å². The maximum atomic E-state index is 10.3. The third-order valence-corrected chi connectivity index (χ3v) is 2.49. The summed E-state index contributed by atoms with van der Waals surface area (Å²) in [5.74, 6) is 1.04. The maximum absolute atomic E-state index is 10.3. The summed E-state index contributed by atoms with van der Waals surface area (Å²) >= 11 is 22.8. The summed E-state index contributed by atoms with van der Waals surface area (Å²) in [4.78, 5) is 10.3. The molecule has 2 nitrogen and oxygen atoms in total. The first-order chi connectivity index (χ1) is 12.1. The number of amides is 1. The van der Waals surface area contributed by atoms with E-state index in [1.807, 2.05) is 31.3 Å². The zero-order valence-corrected chi connectivity index (χ0v) is 35.3. The first kappa shape index (κ1) is 70.0. The quantitative estimate of drug-likeness (QED) is 0.164. The van der Waals surface area contributed by atoms with E-state index in [4.69, 9.17) is 0 Å². The van der Waals surface area contributed by atoms with E-state index >= 15 is 0 Å². The number of hydrogen-bond acceptors (Lipinski definition) is 10. The van der Waals surface area contributed by atoms with Gasteiger partial charge in [-0.05, 0) is 43.8 Å². The van der Waals surface area contributed by atoms with Gasteiger partial charge in [0.1, 0.15) is 0 Å². The summed E-state index contributed by atoms with van der Waals surface area (Å²) in [6.45, 7) is 2.31. The summed E-state index contributed by atoms with van der Waals surface area (Å²) in [6, 6.07) is 0. The van der Waals surface area contributed by atoms with E-state index in [0.717, 1.165) is 12.3 Å². The van der Waals surface area contributed by atoms with E-state index in [0.29, 0.717) is 0 Å². The van der Waals surface area contributed by atoms with E-state index in [-0.39, 0.29) is 104 Å². The Labute approximate surface area is 298 Å². The zero-order valence-electron chi connectivity index (χ0n) is 19.3. The van der Waals surface area contributed by atoms with Gasteiger partial charge in [0, 0.05) is 117 Å². The molecule has 0 saturated carbocycles. The van der Waals surface area contributed by atoms with Crippen LogP contribution in [0.5, 0.6) is 0 Å². The van der Waals surface area contributed by atoms with Crippen molar-refractivity contribution in [3.05, 3.63) is 0 Å². The minimum absolute atomic E-state index is 0. The molecule has 0 aromatic rings. The van der Waals surface area contributed by atoms with Crippen LogP contribution in [0.25, 0.3) is 0 Å². The molecule has 28 heavy (non-hydrogen) atoms. The van der Waals surface area contributed by atoms with Crippen LogP contribution in [-0.4, -0.2) is 80.8 Å². The molecule has 14 heteroatoms. The van der Waals surface area contributed by atoms with Gasteiger partial charge in [0.15, 0.2) is 0 Å². The predicted molar refractivity (Wildman–Crippen MR) is 153 cm³/mol. The molecule has 0 aromatic carbocycles. The smallest absolute Gasteiger partial charge is 0.216 e. The largest absolute Gasteiger partial charge is 0.796 e. The molecule has 0 rings (SSSR count). The Kier molecular flexibility index (Phi) is 331. The number of carbonyl (C=O) groups excluding carboxylic acids is 1. The van der Waals surface area contributed by atoms with Crippen molar-refractivity contribution >= 4 is 114 Å². The van der Waals surface area contributed by atoms with Crippen molar-refractivity contribution < 1.29 is 103 Å². The van der Waals surface area contributed by atoms with Crippen LogP contribution in [0.2, 0.25) is 0 Å². The Bertz CT molecular complexity index is 138. The van der Waals surface area contributed by atoms with Crippen LogP contribution in [0.3, 0.4) is 0 Å². The second kappa shape index (κ2) is 132. The minimum Gasteiger partial charge on any atom is -0.796 e. The van der Waals surface area contributed by atoms with E-state index in [1.165, 1.54) is 6.92 Å². The van der Waals surface area contributed by atoms with Gasteiger partial charge in [-0.1, -0.05) is 21.6 Å². The molecule has 0 aliphatic carbocycles. The first-order valence-corrected chi connectivity index (χ1v) is 16.7. The number of nitrogens with one attached hydrogen (secondary N) is 1. The topological polar surface area (TPSA) is 29.1 Å². The van der Waals surface area contributed by atoms with Gasteiger partial charge in [0.2, 0.25) is 5.91 Å². The van der Waals surface area contributed by atoms with Crippen LogP contribution in [0.4, 0.5) is 0 Å². The molecule has 0 aliphatic rings. The number of thiol groups is 2. The van der Waals surface area contributed by atoms with Crippen LogP contribution in [0, 0.1) is 0 Å². The van der Waals surface area contributed by atoms with Crippen LogP contribution in [-0.2, 0) is 141 Å². The maximum Gasteiger partial charge on any atom is 0.216 e. The van der Waals surface area contributed by atoms with Gasteiger partial charge in [-0.25, -0.2) is 0 Å². The summed E-state index contributed by atoms with van der Waals surface area (Å²) in [7, 11) is 3.47.